The van der Waals surface area contributed by atoms with E-state index in [2.05, 4.69) is 0 Å². The number of carbonyl (C=O) groups is 2. The molecule has 1 aliphatic heterocycles. The zero-order valence-corrected chi connectivity index (χ0v) is 15.1. The van der Waals surface area contributed by atoms with E-state index in [1.807, 2.05) is 31.2 Å². The molecule has 1 aromatic carbocycles. The van der Waals surface area contributed by atoms with Crippen molar-refractivity contribution >= 4 is 17.6 Å². The van der Waals surface area contributed by atoms with Gasteiger partial charge in [-0.05, 0) is 50.8 Å². The second kappa shape index (κ2) is 7.15. The molecule has 1 atom stereocenters. The average Bonchev–Trinajstić information content (AvgIpc) is 2.58. The van der Waals surface area contributed by atoms with E-state index in [0.717, 1.165) is 24.1 Å². The van der Waals surface area contributed by atoms with Crippen molar-refractivity contribution in [3.8, 4) is 0 Å². The molecule has 0 spiro atoms. The van der Waals surface area contributed by atoms with Gasteiger partial charge in [-0.2, -0.15) is 0 Å². The first-order valence-corrected chi connectivity index (χ1v) is 8.57. The van der Waals surface area contributed by atoms with Crippen LogP contribution in [0.15, 0.2) is 39.5 Å². The number of carbonyl (C=O) groups excluding carboxylic acids is 2. The molecule has 3 rings (SSSR count). The zero-order valence-electron chi connectivity index (χ0n) is 15.1. The molecule has 0 N–H and O–H groups in total. The zero-order chi connectivity index (χ0) is 18.8. The van der Waals surface area contributed by atoms with Crippen LogP contribution in [0.4, 0.5) is 5.69 Å². The maximum Gasteiger partial charge on any atom is 0.342 e. The minimum absolute atomic E-state index is 0.0364. The molecule has 0 aliphatic carbocycles. The summed E-state index contributed by atoms with van der Waals surface area (Å²) in [5.41, 5.74) is 2.11. The third kappa shape index (κ3) is 3.40. The standard InChI is InChI=1S/C20H21NO5/c1-12-10-18(23)26-14(3)19(12)20(24)25-11-17(22)21-13(2)8-9-15-6-4-5-7-16(15)21/h4-7,10,13H,8-9,11H2,1-3H3. The van der Waals surface area contributed by atoms with E-state index in [1.54, 1.807) is 11.8 Å². The summed E-state index contributed by atoms with van der Waals surface area (Å²) in [6.07, 6.45) is 1.78. The Labute approximate surface area is 151 Å². The number of anilines is 1. The molecule has 2 aromatic rings. The molecule has 2 heterocycles. The van der Waals surface area contributed by atoms with Crippen molar-refractivity contribution in [3.63, 3.8) is 0 Å². The van der Waals surface area contributed by atoms with E-state index in [0.29, 0.717) is 5.56 Å². The van der Waals surface area contributed by atoms with E-state index < -0.39 is 11.6 Å². The van der Waals surface area contributed by atoms with Gasteiger partial charge in [0.1, 0.15) is 11.3 Å². The molecule has 1 aliphatic rings. The van der Waals surface area contributed by atoms with Gasteiger partial charge >= 0.3 is 11.6 Å². The lowest BCUT2D eigenvalue weighted by Crippen LogP contribution is -2.44. The fourth-order valence-electron chi connectivity index (χ4n) is 3.40. The van der Waals surface area contributed by atoms with E-state index in [4.69, 9.17) is 9.15 Å². The molecule has 6 nitrogen and oxygen atoms in total. The molecule has 0 bridgehead atoms. The third-order valence-corrected chi connectivity index (χ3v) is 4.66. The Bertz CT molecular complexity index is 888. The number of hydrogen-bond acceptors (Lipinski definition) is 5. The van der Waals surface area contributed by atoms with E-state index in [-0.39, 0.29) is 29.9 Å². The first-order chi connectivity index (χ1) is 12.4. The summed E-state index contributed by atoms with van der Waals surface area (Å²) in [7, 11) is 0. The van der Waals surface area contributed by atoms with Crippen LogP contribution in [-0.4, -0.2) is 24.5 Å². The fourth-order valence-corrected chi connectivity index (χ4v) is 3.40. The van der Waals surface area contributed by atoms with E-state index in [1.165, 1.54) is 13.0 Å². The van der Waals surface area contributed by atoms with Gasteiger partial charge in [0.15, 0.2) is 6.61 Å². The van der Waals surface area contributed by atoms with Gasteiger partial charge in [-0.1, -0.05) is 18.2 Å². The first kappa shape index (κ1) is 17.9. The van der Waals surface area contributed by atoms with Gasteiger partial charge in [-0.3, -0.25) is 4.79 Å². The highest BCUT2D eigenvalue weighted by Crippen LogP contribution is 2.30. The lowest BCUT2D eigenvalue weighted by Gasteiger charge is -2.35. The SMILES string of the molecule is Cc1cc(=O)oc(C)c1C(=O)OCC(=O)N1c2ccccc2CCC1C. The topological polar surface area (TPSA) is 76.8 Å². The number of esters is 1. The molecular weight excluding hydrogens is 334 g/mol. The Hall–Kier alpha value is -2.89. The molecule has 0 radical (unpaired) electrons. The van der Waals surface area contributed by atoms with Crippen LogP contribution in [0, 0.1) is 13.8 Å². The summed E-state index contributed by atoms with van der Waals surface area (Å²) in [5.74, 6) is -0.759. The van der Waals surface area contributed by atoms with Crippen molar-refractivity contribution < 1.29 is 18.7 Å². The molecule has 0 fully saturated rings. The fraction of sp³-hybridized carbons (Fsp3) is 0.350. The lowest BCUT2D eigenvalue weighted by atomic mass is 9.96. The van der Waals surface area contributed by atoms with Gasteiger partial charge in [0.05, 0.1) is 0 Å². The molecule has 136 valence electrons. The number of ether oxygens (including phenoxy) is 1. The highest BCUT2D eigenvalue weighted by Gasteiger charge is 2.29. The van der Waals surface area contributed by atoms with Crippen molar-refractivity contribution in [2.24, 2.45) is 0 Å². The third-order valence-electron chi connectivity index (χ3n) is 4.66. The molecule has 1 aromatic heterocycles. The van der Waals surface area contributed by atoms with Crippen molar-refractivity contribution in [3.05, 3.63) is 63.2 Å². The summed E-state index contributed by atoms with van der Waals surface area (Å²) < 4.78 is 10.2. The largest absolute Gasteiger partial charge is 0.452 e. The molecule has 26 heavy (non-hydrogen) atoms. The smallest absolute Gasteiger partial charge is 0.342 e. The van der Waals surface area contributed by atoms with Crippen LogP contribution in [0.1, 0.15) is 40.6 Å². The predicted octanol–water partition coefficient (Wildman–Crippen LogP) is 2.78. The van der Waals surface area contributed by atoms with Gasteiger partial charge in [0.2, 0.25) is 0 Å². The van der Waals surface area contributed by atoms with Crippen LogP contribution in [0.2, 0.25) is 0 Å². The second-order valence-electron chi connectivity index (χ2n) is 6.54. The summed E-state index contributed by atoms with van der Waals surface area (Å²) in [6, 6.07) is 9.02. The number of fused-ring (bicyclic) bond motifs is 1. The highest BCUT2D eigenvalue weighted by molar-refractivity contribution is 5.98. The van der Waals surface area contributed by atoms with E-state index >= 15 is 0 Å². The number of rotatable bonds is 3. The molecule has 6 heteroatoms. The second-order valence-corrected chi connectivity index (χ2v) is 6.54. The Morgan fingerprint density at radius 1 is 1.27 bits per heavy atom. The molecule has 0 saturated carbocycles. The van der Waals surface area contributed by atoms with Crippen LogP contribution < -0.4 is 10.5 Å². The van der Waals surface area contributed by atoms with Crippen molar-refractivity contribution in [1.29, 1.82) is 0 Å². The lowest BCUT2D eigenvalue weighted by molar-refractivity contribution is -0.122. The summed E-state index contributed by atoms with van der Waals surface area (Å²) >= 11 is 0. The Kier molecular flexibility index (Phi) is 4.93. The number of amides is 1. The van der Waals surface area contributed by atoms with Gasteiger partial charge in [-0.15, -0.1) is 0 Å². The molecular formula is C20H21NO5. The number of nitrogens with zero attached hydrogens (tertiary/aromatic N) is 1. The summed E-state index contributed by atoms with van der Waals surface area (Å²) in [4.78, 5) is 38.1. The minimum atomic E-state index is -0.671. The first-order valence-electron chi connectivity index (χ1n) is 8.57. The average molecular weight is 355 g/mol. The van der Waals surface area contributed by atoms with Gasteiger partial charge in [0.25, 0.3) is 5.91 Å². The number of para-hydroxylation sites is 1. The van der Waals surface area contributed by atoms with E-state index in [9.17, 15) is 14.4 Å². The predicted molar refractivity (Wildman–Crippen MR) is 96.4 cm³/mol. The summed E-state index contributed by atoms with van der Waals surface area (Å²) in [6.45, 7) is 4.77. The van der Waals surface area contributed by atoms with Crippen LogP contribution in [0.25, 0.3) is 0 Å². The van der Waals surface area contributed by atoms with Crippen LogP contribution in [-0.2, 0) is 16.0 Å². The maximum atomic E-state index is 12.7. The minimum Gasteiger partial charge on any atom is -0.452 e. The molecule has 1 amide bonds. The number of aryl methyl sites for hydroxylation is 3. The Morgan fingerprint density at radius 3 is 2.73 bits per heavy atom. The quantitative estimate of drug-likeness (QED) is 0.791. The number of benzene rings is 1. The van der Waals surface area contributed by atoms with Crippen molar-refractivity contribution in [2.75, 3.05) is 11.5 Å². The van der Waals surface area contributed by atoms with Gasteiger partial charge < -0.3 is 14.1 Å². The monoisotopic (exact) mass is 355 g/mol. The van der Waals surface area contributed by atoms with Gasteiger partial charge in [0, 0.05) is 17.8 Å². The van der Waals surface area contributed by atoms with Gasteiger partial charge in [-0.25, -0.2) is 9.59 Å². The summed E-state index contributed by atoms with van der Waals surface area (Å²) in [5, 5.41) is 0. The Balaban J connectivity index is 1.75. The highest BCUT2D eigenvalue weighted by atomic mass is 16.5. The molecule has 0 saturated heterocycles. The molecule has 1 unspecified atom stereocenters. The van der Waals surface area contributed by atoms with Crippen LogP contribution in [0.3, 0.4) is 0 Å². The number of hydrogen-bond donors (Lipinski definition) is 0. The normalized spacial score (nSPS) is 16.1. The van der Waals surface area contributed by atoms with Crippen LogP contribution >= 0.6 is 0 Å². The van der Waals surface area contributed by atoms with Crippen molar-refractivity contribution in [2.45, 2.75) is 39.7 Å². The van der Waals surface area contributed by atoms with Crippen LogP contribution in [0.5, 0.6) is 0 Å². The maximum absolute atomic E-state index is 12.7. The Morgan fingerprint density at radius 2 is 2.00 bits per heavy atom. The van der Waals surface area contributed by atoms with Crippen molar-refractivity contribution in [1.82, 2.24) is 0 Å².